The molecule has 8 nitrogen and oxygen atoms in total. The number of nitrogens with zero attached hydrogens (tertiary/aromatic N) is 3. The first kappa shape index (κ1) is 22.9. The maximum atomic E-state index is 15.5. The number of anilines is 2. The number of pyridine rings is 1. The van der Waals surface area contributed by atoms with Crippen LogP contribution < -0.4 is 16.1 Å². The number of carboxylic acid groups (broad SMARTS) is 1. The van der Waals surface area contributed by atoms with Crippen LogP contribution >= 0.6 is 0 Å². The summed E-state index contributed by atoms with van der Waals surface area (Å²) in [5.41, 5.74) is 4.76. The number of carbonyl (C=O) groups excluding carboxylic acids is 1. The molecule has 2 heterocycles. The van der Waals surface area contributed by atoms with Gasteiger partial charge in [0, 0.05) is 32.4 Å². The number of alkyl halides is 3. The van der Waals surface area contributed by atoms with E-state index < -0.39 is 46.6 Å². The zero-order chi connectivity index (χ0) is 24.4. The van der Waals surface area contributed by atoms with Crippen LogP contribution in [-0.4, -0.2) is 58.8 Å². The van der Waals surface area contributed by atoms with Gasteiger partial charge in [-0.05, 0) is 31.7 Å². The van der Waals surface area contributed by atoms with Crippen LogP contribution in [0.15, 0.2) is 11.0 Å². The van der Waals surface area contributed by atoms with E-state index in [1.807, 2.05) is 0 Å². The van der Waals surface area contributed by atoms with Crippen molar-refractivity contribution < 1.29 is 32.3 Å². The number of nitrogen functional groups attached to an aromatic ring is 1. The number of aryl methyl sites for hydroxylation is 1. The van der Waals surface area contributed by atoms with E-state index in [2.05, 4.69) is 0 Å². The van der Waals surface area contributed by atoms with E-state index in [-0.39, 0.29) is 36.6 Å². The molecular formula is C21H22F4N4O4. The summed E-state index contributed by atoms with van der Waals surface area (Å²) in [7, 11) is 1.06. The van der Waals surface area contributed by atoms with E-state index in [1.54, 1.807) is 11.5 Å². The van der Waals surface area contributed by atoms with Crippen LogP contribution in [-0.2, 0) is 4.79 Å². The molecule has 1 unspecified atom stereocenters. The molecule has 12 heteroatoms. The number of benzene rings is 1. The van der Waals surface area contributed by atoms with Crippen molar-refractivity contribution in [3.8, 4) is 0 Å². The minimum atomic E-state index is -5.01. The number of fused-ring (bicyclic) bond motifs is 1. The molecule has 1 aromatic carbocycles. The molecule has 178 valence electrons. The van der Waals surface area contributed by atoms with Crippen molar-refractivity contribution in [3.05, 3.63) is 33.4 Å². The number of hydrogen-bond acceptors (Lipinski definition) is 5. The van der Waals surface area contributed by atoms with E-state index in [1.165, 1.54) is 11.1 Å². The third-order valence-electron chi connectivity index (χ3n) is 6.42. The Balaban J connectivity index is 1.83. The van der Waals surface area contributed by atoms with E-state index in [0.29, 0.717) is 16.0 Å². The Morgan fingerprint density at radius 3 is 2.42 bits per heavy atom. The number of aromatic nitrogens is 1. The SMILES string of the molecule is Cc1c(N2CCC(N(C)C(=O)C(F)(F)F)C2)c(F)c(N)c2c(=O)c(C(=O)O)cn(C3CC3)c12. The summed E-state index contributed by atoms with van der Waals surface area (Å²) < 4.78 is 55.6. The highest BCUT2D eigenvalue weighted by Crippen LogP contribution is 2.42. The van der Waals surface area contributed by atoms with Gasteiger partial charge in [-0.25, -0.2) is 9.18 Å². The van der Waals surface area contributed by atoms with Crippen LogP contribution in [0, 0.1) is 12.7 Å². The summed E-state index contributed by atoms with van der Waals surface area (Å²) in [6.07, 6.45) is -2.10. The Bertz CT molecular complexity index is 1240. The largest absolute Gasteiger partial charge is 0.477 e. The van der Waals surface area contributed by atoms with Gasteiger partial charge in [-0.3, -0.25) is 9.59 Å². The molecule has 2 aromatic rings. The fraction of sp³-hybridized carbons (Fsp3) is 0.476. The van der Waals surface area contributed by atoms with Crippen molar-refractivity contribution in [1.29, 1.82) is 0 Å². The maximum Gasteiger partial charge on any atom is 0.471 e. The number of aromatic carboxylic acids is 1. The second kappa shape index (κ2) is 7.63. The average molecular weight is 470 g/mol. The van der Waals surface area contributed by atoms with Gasteiger partial charge in [-0.15, -0.1) is 0 Å². The topological polar surface area (TPSA) is 109 Å². The summed E-state index contributed by atoms with van der Waals surface area (Å²) >= 11 is 0. The molecule has 1 saturated heterocycles. The highest BCUT2D eigenvalue weighted by atomic mass is 19.4. The molecule has 0 spiro atoms. The standard InChI is InChI=1S/C21H22F4N4O4/c1-9-16-13(18(30)12(19(31)32)8-29(16)10-3-4-10)15(26)14(22)17(9)28-6-5-11(7-28)27(2)20(33)21(23,24)25/h8,10-11H,3-7,26H2,1-2H3,(H,31,32). The van der Waals surface area contributed by atoms with Gasteiger partial charge in [0.15, 0.2) is 5.82 Å². The van der Waals surface area contributed by atoms with Gasteiger partial charge < -0.3 is 25.2 Å². The van der Waals surface area contributed by atoms with Gasteiger partial charge in [0.05, 0.1) is 28.3 Å². The lowest BCUT2D eigenvalue weighted by molar-refractivity contribution is -0.185. The summed E-state index contributed by atoms with van der Waals surface area (Å²) in [6, 6.07) is -0.862. The second-order valence-corrected chi connectivity index (χ2v) is 8.54. The van der Waals surface area contributed by atoms with Crippen molar-refractivity contribution in [2.75, 3.05) is 30.8 Å². The third-order valence-corrected chi connectivity index (χ3v) is 6.42. The molecule has 1 aliphatic carbocycles. The molecule has 1 aromatic heterocycles. The van der Waals surface area contributed by atoms with E-state index >= 15 is 4.39 Å². The summed E-state index contributed by atoms with van der Waals surface area (Å²) in [4.78, 5) is 38.1. The van der Waals surface area contributed by atoms with Crippen LogP contribution in [0.1, 0.15) is 41.2 Å². The molecular weight excluding hydrogens is 448 g/mol. The fourth-order valence-electron chi connectivity index (χ4n) is 4.57. The van der Waals surface area contributed by atoms with Crippen molar-refractivity contribution in [2.24, 2.45) is 0 Å². The van der Waals surface area contributed by atoms with Gasteiger partial charge in [-0.2, -0.15) is 13.2 Å². The Labute approximate surface area is 185 Å². The first-order valence-electron chi connectivity index (χ1n) is 10.3. The van der Waals surface area contributed by atoms with Gasteiger partial charge in [0.1, 0.15) is 5.56 Å². The normalized spacial score (nSPS) is 18.7. The maximum absolute atomic E-state index is 15.5. The summed E-state index contributed by atoms with van der Waals surface area (Å²) in [5, 5.41) is 9.20. The number of hydrogen-bond donors (Lipinski definition) is 2. The second-order valence-electron chi connectivity index (χ2n) is 8.54. The van der Waals surface area contributed by atoms with E-state index in [9.17, 15) is 32.7 Å². The highest BCUT2D eigenvalue weighted by Gasteiger charge is 2.44. The van der Waals surface area contributed by atoms with Gasteiger partial charge in [0.25, 0.3) is 0 Å². The Morgan fingerprint density at radius 2 is 1.88 bits per heavy atom. The summed E-state index contributed by atoms with van der Waals surface area (Å²) in [6.45, 7) is 1.68. The highest BCUT2D eigenvalue weighted by molar-refractivity contribution is 6.01. The number of carbonyl (C=O) groups is 2. The predicted octanol–water partition coefficient (Wildman–Crippen LogP) is 2.66. The monoisotopic (exact) mass is 470 g/mol. The molecule has 3 N–H and O–H groups in total. The number of likely N-dealkylation sites (N-methyl/N-ethyl adjacent to an activating group) is 1. The number of halogens is 4. The zero-order valence-corrected chi connectivity index (χ0v) is 17.9. The molecule has 0 bridgehead atoms. The minimum Gasteiger partial charge on any atom is -0.477 e. The fourth-order valence-corrected chi connectivity index (χ4v) is 4.57. The lowest BCUT2D eigenvalue weighted by Gasteiger charge is -2.28. The Hall–Kier alpha value is -3.31. The average Bonchev–Trinajstić information content (AvgIpc) is 3.47. The zero-order valence-electron chi connectivity index (χ0n) is 17.9. The molecule has 1 saturated carbocycles. The Morgan fingerprint density at radius 1 is 1.24 bits per heavy atom. The van der Waals surface area contributed by atoms with Crippen LogP contribution in [0.4, 0.5) is 28.9 Å². The third kappa shape index (κ3) is 3.66. The van der Waals surface area contributed by atoms with Gasteiger partial charge in [-0.1, -0.05) is 0 Å². The lowest BCUT2D eigenvalue weighted by atomic mass is 10.0. The molecule has 2 fully saturated rings. The number of nitrogens with two attached hydrogens (primary N) is 1. The van der Waals surface area contributed by atoms with Crippen molar-refractivity contribution in [3.63, 3.8) is 0 Å². The first-order chi connectivity index (χ1) is 15.3. The number of rotatable bonds is 4. The molecule has 2 aliphatic rings. The lowest BCUT2D eigenvalue weighted by Crippen LogP contribution is -2.45. The van der Waals surface area contributed by atoms with E-state index in [4.69, 9.17) is 5.73 Å². The van der Waals surface area contributed by atoms with Crippen LogP contribution in [0.2, 0.25) is 0 Å². The first-order valence-corrected chi connectivity index (χ1v) is 10.3. The van der Waals surface area contributed by atoms with E-state index in [0.717, 1.165) is 19.9 Å². The Kier molecular flexibility index (Phi) is 5.29. The van der Waals surface area contributed by atoms with Crippen LogP contribution in [0.3, 0.4) is 0 Å². The minimum absolute atomic E-state index is 0.0345. The quantitative estimate of drug-likeness (QED) is 0.526. The van der Waals surface area contributed by atoms with Crippen molar-refractivity contribution in [1.82, 2.24) is 9.47 Å². The molecule has 4 rings (SSSR count). The summed E-state index contributed by atoms with van der Waals surface area (Å²) in [5.74, 6) is -4.36. The van der Waals surface area contributed by atoms with Crippen LogP contribution in [0.5, 0.6) is 0 Å². The van der Waals surface area contributed by atoms with Crippen molar-refractivity contribution >= 4 is 34.2 Å². The molecule has 0 radical (unpaired) electrons. The van der Waals surface area contributed by atoms with Crippen molar-refractivity contribution in [2.45, 2.75) is 44.4 Å². The van der Waals surface area contributed by atoms with Gasteiger partial charge in [0.2, 0.25) is 5.43 Å². The van der Waals surface area contributed by atoms with Gasteiger partial charge >= 0.3 is 18.1 Å². The number of amides is 1. The number of carboxylic acids is 1. The molecule has 1 aliphatic heterocycles. The molecule has 33 heavy (non-hydrogen) atoms. The van der Waals surface area contributed by atoms with Crippen LogP contribution in [0.25, 0.3) is 10.9 Å². The smallest absolute Gasteiger partial charge is 0.471 e. The molecule has 1 amide bonds. The predicted molar refractivity (Wildman–Crippen MR) is 112 cm³/mol. The molecule has 1 atom stereocenters.